The van der Waals surface area contributed by atoms with Crippen molar-refractivity contribution < 1.29 is 4.79 Å². The van der Waals surface area contributed by atoms with Crippen LogP contribution in [0.5, 0.6) is 0 Å². The van der Waals surface area contributed by atoms with E-state index in [2.05, 4.69) is 30.6 Å². The van der Waals surface area contributed by atoms with Crippen LogP contribution in [0, 0.1) is 13.8 Å². The van der Waals surface area contributed by atoms with Crippen LogP contribution in [-0.4, -0.2) is 33.4 Å². The summed E-state index contributed by atoms with van der Waals surface area (Å²) < 4.78 is 0. The van der Waals surface area contributed by atoms with Crippen LogP contribution in [0.3, 0.4) is 0 Å². The van der Waals surface area contributed by atoms with E-state index in [1.165, 1.54) is 11.3 Å². The van der Waals surface area contributed by atoms with Crippen LogP contribution in [0.2, 0.25) is 5.02 Å². The highest BCUT2D eigenvalue weighted by atomic mass is 35.5. The van der Waals surface area contributed by atoms with Crippen LogP contribution in [-0.2, 0) is 6.42 Å². The Bertz CT molecular complexity index is 1230. The summed E-state index contributed by atoms with van der Waals surface area (Å²) in [5, 5.41) is 9.50. The average molecular weight is 453 g/mol. The first-order valence-electron chi connectivity index (χ1n) is 9.72. The molecule has 0 fully saturated rings. The maximum absolute atomic E-state index is 12.6. The second-order valence-electron chi connectivity index (χ2n) is 7.01. The number of benzene rings is 1. The van der Waals surface area contributed by atoms with Gasteiger partial charge in [0.05, 0.1) is 4.88 Å². The fourth-order valence-electron chi connectivity index (χ4n) is 3.22. The Kier molecular flexibility index (Phi) is 6.29. The Hall–Kier alpha value is -3.23. The van der Waals surface area contributed by atoms with E-state index in [0.717, 1.165) is 27.9 Å². The van der Waals surface area contributed by atoms with Crippen molar-refractivity contribution in [3.05, 3.63) is 74.8 Å². The molecule has 3 N–H and O–H groups in total. The summed E-state index contributed by atoms with van der Waals surface area (Å²) >= 11 is 7.51. The molecule has 1 amide bonds. The van der Waals surface area contributed by atoms with Crippen LogP contribution >= 0.6 is 22.9 Å². The van der Waals surface area contributed by atoms with Gasteiger partial charge in [-0.3, -0.25) is 20.4 Å². The Labute approximate surface area is 188 Å². The fraction of sp³-hybridized carbons (Fsp3) is 0.182. The van der Waals surface area contributed by atoms with Gasteiger partial charge in [-0.05, 0) is 61.5 Å². The molecular formula is C22H21ClN6OS. The number of aryl methyl sites for hydroxylation is 2. The summed E-state index contributed by atoms with van der Waals surface area (Å²) in [5.41, 5.74) is 3.79. The van der Waals surface area contributed by atoms with Crippen LogP contribution in [0.1, 0.15) is 26.6 Å². The van der Waals surface area contributed by atoms with Crippen molar-refractivity contribution in [1.29, 1.82) is 0 Å². The van der Waals surface area contributed by atoms with Gasteiger partial charge in [0, 0.05) is 40.1 Å². The standard InChI is InChI=1S/C22H21ClN6OS/c1-13-10-14(2)27-22(26-13)29-21(28-20(30)19-4-3-9-31-19)24-8-7-15-12-25-18-6-5-16(23)11-17(15)18/h3-6,9-12,25H,7-8H2,1-2H3,(H2,24,26,27,28,29,30). The largest absolute Gasteiger partial charge is 0.361 e. The number of hydrogen-bond acceptors (Lipinski definition) is 5. The highest BCUT2D eigenvalue weighted by molar-refractivity contribution is 7.12. The molecule has 4 rings (SSSR count). The normalized spacial score (nSPS) is 11.6. The van der Waals surface area contributed by atoms with Crippen molar-refractivity contribution in [1.82, 2.24) is 20.3 Å². The number of amides is 1. The van der Waals surface area contributed by atoms with E-state index in [4.69, 9.17) is 11.6 Å². The molecular weight excluding hydrogens is 432 g/mol. The summed E-state index contributed by atoms with van der Waals surface area (Å²) in [5.74, 6) is 0.465. The minimum atomic E-state index is -0.232. The number of nitrogens with zero attached hydrogens (tertiary/aromatic N) is 3. The van der Waals surface area contributed by atoms with Gasteiger partial charge in [0.15, 0.2) is 0 Å². The third-order valence-corrected chi connectivity index (χ3v) is 5.67. The van der Waals surface area contributed by atoms with E-state index in [-0.39, 0.29) is 5.91 Å². The third-order valence-electron chi connectivity index (χ3n) is 4.57. The Balaban J connectivity index is 1.54. The number of guanidine groups is 1. The molecule has 3 aromatic heterocycles. The molecule has 0 aliphatic carbocycles. The molecule has 0 spiro atoms. The molecule has 0 unspecified atom stereocenters. The van der Waals surface area contributed by atoms with Gasteiger partial charge in [0.25, 0.3) is 5.91 Å². The number of anilines is 1. The zero-order valence-corrected chi connectivity index (χ0v) is 18.6. The van der Waals surface area contributed by atoms with Crippen molar-refractivity contribution in [2.75, 3.05) is 11.9 Å². The van der Waals surface area contributed by atoms with E-state index in [1.807, 2.05) is 55.8 Å². The SMILES string of the molecule is Cc1cc(C)nc(NC(=NCCc2c[nH]c3ccc(Cl)cc23)NC(=O)c2cccs2)n1. The maximum atomic E-state index is 12.6. The van der Waals surface area contributed by atoms with Crippen LogP contribution in [0.15, 0.2) is 53.0 Å². The minimum Gasteiger partial charge on any atom is -0.361 e. The number of H-pyrrole nitrogens is 1. The number of rotatable bonds is 5. The van der Waals surface area contributed by atoms with Crippen molar-refractivity contribution in [2.24, 2.45) is 4.99 Å². The number of halogens is 1. The zero-order valence-electron chi connectivity index (χ0n) is 17.1. The monoisotopic (exact) mass is 452 g/mol. The van der Waals surface area contributed by atoms with E-state index in [9.17, 15) is 4.79 Å². The van der Waals surface area contributed by atoms with Crippen molar-refractivity contribution in [2.45, 2.75) is 20.3 Å². The van der Waals surface area contributed by atoms with Gasteiger partial charge in [-0.25, -0.2) is 9.97 Å². The molecule has 0 aliphatic heterocycles. The lowest BCUT2D eigenvalue weighted by Crippen LogP contribution is -2.36. The summed E-state index contributed by atoms with van der Waals surface area (Å²) in [4.78, 5) is 29.8. The quantitative estimate of drug-likeness (QED) is 0.301. The van der Waals surface area contributed by atoms with Crippen LogP contribution in [0.4, 0.5) is 5.95 Å². The summed E-state index contributed by atoms with van der Waals surface area (Å²) in [7, 11) is 0. The molecule has 158 valence electrons. The van der Waals surface area contributed by atoms with Gasteiger partial charge in [-0.2, -0.15) is 0 Å². The second kappa shape index (κ2) is 9.28. The molecule has 0 atom stereocenters. The predicted molar refractivity (Wildman–Crippen MR) is 126 cm³/mol. The van der Waals surface area contributed by atoms with Gasteiger partial charge in [0.1, 0.15) is 0 Å². The first kappa shape index (κ1) is 21.0. The van der Waals surface area contributed by atoms with Crippen LogP contribution < -0.4 is 10.6 Å². The Morgan fingerprint density at radius 3 is 2.74 bits per heavy atom. The predicted octanol–water partition coefficient (Wildman–Crippen LogP) is 4.73. The van der Waals surface area contributed by atoms with Gasteiger partial charge in [-0.15, -0.1) is 11.3 Å². The lowest BCUT2D eigenvalue weighted by molar-refractivity contribution is 0.0981. The molecule has 1 aromatic carbocycles. The topological polar surface area (TPSA) is 95.1 Å². The van der Waals surface area contributed by atoms with E-state index >= 15 is 0 Å². The molecule has 3 heterocycles. The van der Waals surface area contributed by atoms with Crippen LogP contribution in [0.25, 0.3) is 10.9 Å². The smallest absolute Gasteiger partial charge is 0.268 e. The van der Waals surface area contributed by atoms with E-state index in [0.29, 0.717) is 34.8 Å². The second-order valence-corrected chi connectivity index (χ2v) is 8.40. The Morgan fingerprint density at radius 2 is 2.00 bits per heavy atom. The average Bonchev–Trinajstić information content (AvgIpc) is 3.37. The number of aliphatic imine (C=N–C) groups is 1. The number of thiophene rings is 1. The van der Waals surface area contributed by atoms with Crippen molar-refractivity contribution in [3.63, 3.8) is 0 Å². The maximum Gasteiger partial charge on any atom is 0.268 e. The van der Waals surface area contributed by atoms with E-state index < -0.39 is 0 Å². The molecule has 9 heteroatoms. The number of fused-ring (bicyclic) bond motifs is 1. The number of carbonyl (C=O) groups excluding carboxylic acids is 1. The van der Waals surface area contributed by atoms with Gasteiger partial charge in [-0.1, -0.05) is 17.7 Å². The lowest BCUT2D eigenvalue weighted by atomic mass is 10.1. The van der Waals surface area contributed by atoms with Gasteiger partial charge in [0.2, 0.25) is 11.9 Å². The molecule has 7 nitrogen and oxygen atoms in total. The minimum absolute atomic E-state index is 0.232. The summed E-state index contributed by atoms with van der Waals surface area (Å²) in [6.45, 7) is 4.24. The summed E-state index contributed by atoms with van der Waals surface area (Å²) in [6, 6.07) is 11.2. The van der Waals surface area contributed by atoms with Crippen molar-refractivity contribution in [3.8, 4) is 0 Å². The molecule has 0 radical (unpaired) electrons. The molecule has 0 aliphatic rings. The number of nitrogens with one attached hydrogen (secondary N) is 3. The lowest BCUT2D eigenvalue weighted by Gasteiger charge is -2.11. The number of aromatic nitrogens is 3. The highest BCUT2D eigenvalue weighted by Gasteiger charge is 2.12. The molecule has 0 bridgehead atoms. The number of aromatic amines is 1. The highest BCUT2D eigenvalue weighted by Crippen LogP contribution is 2.22. The van der Waals surface area contributed by atoms with Gasteiger partial charge >= 0.3 is 0 Å². The number of carbonyl (C=O) groups is 1. The Morgan fingerprint density at radius 1 is 1.19 bits per heavy atom. The third kappa shape index (κ3) is 5.28. The first-order valence-corrected chi connectivity index (χ1v) is 11.0. The molecule has 0 saturated carbocycles. The molecule has 0 saturated heterocycles. The molecule has 31 heavy (non-hydrogen) atoms. The number of hydrogen-bond donors (Lipinski definition) is 3. The van der Waals surface area contributed by atoms with E-state index in [1.54, 1.807) is 6.07 Å². The fourth-order valence-corrected chi connectivity index (χ4v) is 4.01. The summed E-state index contributed by atoms with van der Waals surface area (Å²) in [6.07, 6.45) is 2.63. The first-order chi connectivity index (χ1) is 15.0. The van der Waals surface area contributed by atoms with Crippen molar-refractivity contribution >= 4 is 51.7 Å². The zero-order chi connectivity index (χ0) is 21.8. The van der Waals surface area contributed by atoms with Gasteiger partial charge < -0.3 is 4.98 Å². The molecule has 4 aromatic rings.